The van der Waals surface area contributed by atoms with Crippen LogP contribution in [0.4, 0.5) is 5.69 Å². The number of rotatable bonds is 6. The van der Waals surface area contributed by atoms with Crippen molar-refractivity contribution in [1.82, 2.24) is 9.88 Å². The lowest BCUT2D eigenvalue weighted by Gasteiger charge is -2.07. The summed E-state index contributed by atoms with van der Waals surface area (Å²) in [5, 5.41) is 6.67. The maximum absolute atomic E-state index is 12.5. The number of hydrogen-bond donors (Lipinski definition) is 2. The summed E-state index contributed by atoms with van der Waals surface area (Å²) >= 11 is 0. The molecule has 0 unspecified atom stereocenters. The predicted octanol–water partition coefficient (Wildman–Crippen LogP) is 2.36. The Morgan fingerprint density at radius 3 is 2.74 bits per heavy atom. The quantitative estimate of drug-likeness (QED) is 0.680. The molecule has 27 heavy (non-hydrogen) atoms. The van der Waals surface area contributed by atoms with Crippen LogP contribution in [0.5, 0.6) is 0 Å². The molecule has 138 valence electrons. The molecule has 0 radical (unpaired) electrons. The van der Waals surface area contributed by atoms with Crippen LogP contribution in [0.25, 0.3) is 11.3 Å². The second-order valence-corrected chi connectivity index (χ2v) is 8.01. The second kappa shape index (κ2) is 6.98. The number of carbonyl (C=O) groups is 1. The number of benzene rings is 2. The van der Waals surface area contributed by atoms with Crippen molar-refractivity contribution in [2.75, 3.05) is 11.9 Å². The van der Waals surface area contributed by atoms with Crippen LogP contribution >= 0.6 is 0 Å². The number of sulfonamides is 1. The molecule has 2 N–H and O–H groups in total. The van der Waals surface area contributed by atoms with E-state index in [1.54, 1.807) is 12.1 Å². The van der Waals surface area contributed by atoms with Gasteiger partial charge in [-0.25, -0.2) is 13.1 Å². The molecule has 8 heteroatoms. The number of nitrogens with zero attached hydrogens (tertiary/aromatic N) is 1. The average Bonchev–Trinajstić information content (AvgIpc) is 3.27. The number of fused-ring (bicyclic) bond motifs is 1. The summed E-state index contributed by atoms with van der Waals surface area (Å²) in [6.45, 7) is 0.192. The van der Waals surface area contributed by atoms with E-state index in [0.29, 0.717) is 29.1 Å². The van der Waals surface area contributed by atoms with Gasteiger partial charge in [-0.3, -0.25) is 4.79 Å². The SMILES string of the molecule is O=C1Cc2cc(S(=O)(=O)NCCc3cc(-c4ccccc4)on3)ccc2N1. The first-order valence-corrected chi connectivity index (χ1v) is 9.93. The van der Waals surface area contributed by atoms with Crippen LogP contribution in [-0.2, 0) is 27.7 Å². The topological polar surface area (TPSA) is 101 Å². The smallest absolute Gasteiger partial charge is 0.240 e. The van der Waals surface area contributed by atoms with Gasteiger partial charge in [0.05, 0.1) is 17.0 Å². The highest BCUT2D eigenvalue weighted by Crippen LogP contribution is 2.25. The van der Waals surface area contributed by atoms with Gasteiger partial charge in [0, 0.05) is 30.3 Å². The molecule has 0 aliphatic carbocycles. The first-order valence-electron chi connectivity index (χ1n) is 8.45. The molecule has 1 aromatic heterocycles. The fourth-order valence-electron chi connectivity index (χ4n) is 2.94. The first kappa shape index (κ1) is 17.4. The largest absolute Gasteiger partial charge is 0.356 e. The van der Waals surface area contributed by atoms with Gasteiger partial charge < -0.3 is 9.84 Å². The van der Waals surface area contributed by atoms with Crippen LogP contribution in [0.3, 0.4) is 0 Å². The van der Waals surface area contributed by atoms with E-state index in [1.807, 2.05) is 30.3 Å². The number of carbonyl (C=O) groups excluding carboxylic acids is 1. The molecule has 4 rings (SSSR count). The van der Waals surface area contributed by atoms with E-state index in [2.05, 4.69) is 15.2 Å². The van der Waals surface area contributed by atoms with Crippen LogP contribution in [0.1, 0.15) is 11.3 Å². The number of nitrogens with one attached hydrogen (secondary N) is 2. The van der Waals surface area contributed by atoms with Gasteiger partial charge in [0.25, 0.3) is 0 Å². The molecule has 1 aliphatic heterocycles. The van der Waals surface area contributed by atoms with Gasteiger partial charge in [-0.05, 0) is 23.8 Å². The summed E-state index contributed by atoms with van der Waals surface area (Å²) < 4.78 is 32.8. The molecule has 0 bridgehead atoms. The lowest BCUT2D eigenvalue weighted by molar-refractivity contribution is -0.115. The van der Waals surface area contributed by atoms with E-state index in [0.717, 1.165) is 5.56 Å². The van der Waals surface area contributed by atoms with Gasteiger partial charge in [0.15, 0.2) is 5.76 Å². The Morgan fingerprint density at radius 1 is 1.11 bits per heavy atom. The van der Waals surface area contributed by atoms with Crippen molar-refractivity contribution in [2.24, 2.45) is 0 Å². The highest BCUT2D eigenvalue weighted by atomic mass is 32.2. The Balaban J connectivity index is 1.40. The van der Waals surface area contributed by atoms with Gasteiger partial charge in [-0.15, -0.1) is 0 Å². The number of aromatic nitrogens is 1. The van der Waals surface area contributed by atoms with Gasteiger partial charge in [-0.1, -0.05) is 35.5 Å². The van der Waals surface area contributed by atoms with E-state index in [4.69, 9.17) is 4.52 Å². The van der Waals surface area contributed by atoms with Crippen molar-refractivity contribution >= 4 is 21.6 Å². The Bertz CT molecular complexity index is 1090. The molecule has 1 amide bonds. The second-order valence-electron chi connectivity index (χ2n) is 6.24. The van der Waals surface area contributed by atoms with Crippen LogP contribution in [0, 0.1) is 0 Å². The minimum Gasteiger partial charge on any atom is -0.356 e. The standard InChI is InChI=1S/C19H17N3O4S/c23-19-11-14-10-16(6-7-17(14)21-19)27(24,25)20-9-8-15-12-18(26-22-15)13-4-2-1-3-5-13/h1-7,10,12,20H,8-9,11H2,(H,21,23). The van der Waals surface area contributed by atoms with Crippen LogP contribution in [0.15, 0.2) is 64.0 Å². The van der Waals surface area contributed by atoms with E-state index < -0.39 is 10.0 Å². The zero-order chi connectivity index (χ0) is 18.9. The Morgan fingerprint density at radius 2 is 1.93 bits per heavy atom. The van der Waals surface area contributed by atoms with Crippen LogP contribution < -0.4 is 10.0 Å². The van der Waals surface area contributed by atoms with Crippen molar-refractivity contribution < 1.29 is 17.7 Å². The Kier molecular flexibility index (Phi) is 4.51. The summed E-state index contributed by atoms with van der Waals surface area (Å²) in [7, 11) is -3.66. The number of hydrogen-bond acceptors (Lipinski definition) is 5. The normalized spacial score (nSPS) is 13.4. The fraction of sp³-hybridized carbons (Fsp3) is 0.158. The number of amides is 1. The van der Waals surface area contributed by atoms with Crippen molar-refractivity contribution in [1.29, 1.82) is 0 Å². The first-order chi connectivity index (χ1) is 13.0. The highest BCUT2D eigenvalue weighted by molar-refractivity contribution is 7.89. The molecule has 3 aromatic rings. The van der Waals surface area contributed by atoms with Gasteiger partial charge >= 0.3 is 0 Å². The van der Waals surface area contributed by atoms with Crippen molar-refractivity contribution in [2.45, 2.75) is 17.7 Å². The Hall–Kier alpha value is -2.97. The summed E-state index contributed by atoms with van der Waals surface area (Å²) in [4.78, 5) is 11.5. The fourth-order valence-corrected chi connectivity index (χ4v) is 4.02. The lowest BCUT2D eigenvalue weighted by atomic mass is 10.1. The maximum Gasteiger partial charge on any atom is 0.240 e. The summed E-state index contributed by atoms with van der Waals surface area (Å²) in [5.74, 6) is 0.511. The third kappa shape index (κ3) is 3.76. The molecule has 1 aliphatic rings. The summed E-state index contributed by atoms with van der Waals surface area (Å²) in [5.41, 5.74) is 2.93. The predicted molar refractivity (Wildman–Crippen MR) is 99.6 cm³/mol. The molecule has 2 heterocycles. The summed E-state index contributed by atoms with van der Waals surface area (Å²) in [6.07, 6.45) is 0.598. The summed E-state index contributed by atoms with van der Waals surface area (Å²) in [6, 6.07) is 16.0. The molecule has 0 spiro atoms. The lowest BCUT2D eigenvalue weighted by Crippen LogP contribution is -2.26. The molecular weight excluding hydrogens is 366 g/mol. The van der Waals surface area contributed by atoms with E-state index in [1.165, 1.54) is 12.1 Å². The monoisotopic (exact) mass is 383 g/mol. The zero-order valence-electron chi connectivity index (χ0n) is 14.3. The minimum absolute atomic E-state index is 0.132. The van der Waals surface area contributed by atoms with E-state index >= 15 is 0 Å². The molecule has 0 saturated carbocycles. The van der Waals surface area contributed by atoms with E-state index in [-0.39, 0.29) is 23.8 Å². The van der Waals surface area contributed by atoms with Gasteiger partial charge in [0.2, 0.25) is 15.9 Å². The molecular formula is C19H17N3O4S. The molecule has 2 aromatic carbocycles. The van der Waals surface area contributed by atoms with Crippen molar-refractivity contribution in [3.8, 4) is 11.3 Å². The average molecular weight is 383 g/mol. The third-order valence-corrected chi connectivity index (χ3v) is 5.76. The minimum atomic E-state index is -3.66. The Labute approximate surface area is 156 Å². The number of anilines is 1. The molecule has 0 atom stereocenters. The molecule has 0 saturated heterocycles. The van der Waals surface area contributed by atoms with Crippen LogP contribution in [-0.4, -0.2) is 26.0 Å². The van der Waals surface area contributed by atoms with Gasteiger partial charge in [-0.2, -0.15) is 0 Å². The molecule has 7 nitrogen and oxygen atoms in total. The van der Waals surface area contributed by atoms with E-state index in [9.17, 15) is 13.2 Å². The zero-order valence-corrected chi connectivity index (χ0v) is 15.1. The third-order valence-electron chi connectivity index (χ3n) is 4.30. The highest BCUT2D eigenvalue weighted by Gasteiger charge is 2.21. The molecule has 0 fully saturated rings. The van der Waals surface area contributed by atoms with Crippen molar-refractivity contribution in [3.63, 3.8) is 0 Å². The maximum atomic E-state index is 12.5. The van der Waals surface area contributed by atoms with Crippen molar-refractivity contribution in [3.05, 3.63) is 65.9 Å². The van der Waals surface area contributed by atoms with Gasteiger partial charge in [0.1, 0.15) is 0 Å². The van der Waals surface area contributed by atoms with Crippen LogP contribution in [0.2, 0.25) is 0 Å².